The lowest BCUT2D eigenvalue weighted by atomic mass is 10.0. The van der Waals surface area contributed by atoms with Crippen molar-refractivity contribution in [1.82, 2.24) is 14.8 Å². The maximum absolute atomic E-state index is 14.4. The smallest absolute Gasteiger partial charge is 0.339 e. The second-order valence-electron chi connectivity index (χ2n) is 10.7. The van der Waals surface area contributed by atoms with Gasteiger partial charge in [0.1, 0.15) is 17.3 Å². The van der Waals surface area contributed by atoms with Gasteiger partial charge < -0.3 is 14.5 Å². The van der Waals surface area contributed by atoms with Gasteiger partial charge in [0.2, 0.25) is 0 Å². The summed E-state index contributed by atoms with van der Waals surface area (Å²) < 4.78 is 19.2. The van der Waals surface area contributed by atoms with Crippen molar-refractivity contribution in [1.29, 1.82) is 0 Å². The first kappa shape index (κ1) is 48.0. The molecule has 3 heterocycles. The van der Waals surface area contributed by atoms with E-state index in [9.17, 15) is 14.0 Å². The van der Waals surface area contributed by atoms with Gasteiger partial charge in [-0.05, 0) is 88.4 Å². The normalized spacial score (nSPS) is 15.5. The third-order valence-corrected chi connectivity index (χ3v) is 7.40. The Morgan fingerprint density at radius 3 is 2.16 bits per heavy atom. The predicted molar refractivity (Wildman–Crippen MR) is 212 cm³/mol. The Labute approximate surface area is 304 Å². The molecule has 280 valence electrons. The van der Waals surface area contributed by atoms with Crippen molar-refractivity contribution in [2.75, 3.05) is 20.2 Å². The number of amides is 1. The zero-order chi connectivity index (χ0) is 38.8. The third kappa shape index (κ3) is 15.6. The average molecular weight is 695 g/mol. The number of aliphatic imine (C=N–C) groups is 1. The van der Waals surface area contributed by atoms with Crippen LogP contribution in [-0.2, 0) is 9.53 Å². The Balaban J connectivity index is 0. The number of esters is 1. The van der Waals surface area contributed by atoms with Crippen molar-refractivity contribution < 1.29 is 18.7 Å². The van der Waals surface area contributed by atoms with Crippen molar-refractivity contribution in [2.45, 2.75) is 128 Å². The number of hydrogen-bond donors (Lipinski definition) is 0. The Morgan fingerprint density at radius 1 is 0.980 bits per heavy atom. The third-order valence-electron chi connectivity index (χ3n) is 7.40. The van der Waals surface area contributed by atoms with Crippen molar-refractivity contribution >= 4 is 23.2 Å². The van der Waals surface area contributed by atoms with Crippen LogP contribution in [0.15, 0.2) is 71.8 Å². The number of carbonyl (C=O) groups excluding carboxylic acids is 2. The molecule has 1 atom stereocenters. The lowest BCUT2D eigenvalue weighted by molar-refractivity contribution is -0.125. The fourth-order valence-electron chi connectivity index (χ4n) is 4.85. The molecular formula is C42H67FN4O3. The van der Waals surface area contributed by atoms with E-state index in [0.29, 0.717) is 34.8 Å². The van der Waals surface area contributed by atoms with Crippen LogP contribution in [0.25, 0.3) is 5.57 Å². The van der Waals surface area contributed by atoms with E-state index >= 15 is 0 Å². The summed E-state index contributed by atoms with van der Waals surface area (Å²) in [5, 5.41) is 0. The summed E-state index contributed by atoms with van der Waals surface area (Å²) in [5.74, 6) is -0.0446. The molecule has 50 heavy (non-hydrogen) atoms. The van der Waals surface area contributed by atoms with Crippen LogP contribution in [0, 0.1) is 19.7 Å². The minimum absolute atomic E-state index is 0.0264. The number of nitrogens with zero attached hydrogens (tertiary/aromatic N) is 4. The average Bonchev–Trinajstić information content (AvgIpc) is 3.36. The van der Waals surface area contributed by atoms with E-state index in [2.05, 4.69) is 30.4 Å². The topological polar surface area (TPSA) is 75.1 Å². The van der Waals surface area contributed by atoms with E-state index in [1.807, 2.05) is 98.2 Å². The second kappa shape index (κ2) is 27.7. The SMILES string of the molecule is C=C(/C=C1/N=C(C(=O)N2CCCCCC2C)C=C(CC)N1C)c1ccc(C)cc1F.CC.CC.CC.CC.CCOC(=O)c1ccc(C)nc1. The molecule has 1 fully saturated rings. The fraction of sp³-hybridized carbons (Fsp3) is 0.524. The molecule has 2 aromatic rings. The number of ether oxygens (including phenoxy) is 1. The highest BCUT2D eigenvalue weighted by atomic mass is 19.1. The summed E-state index contributed by atoms with van der Waals surface area (Å²) >= 11 is 0. The zero-order valence-electron chi connectivity index (χ0n) is 33.7. The number of allylic oxidation sites excluding steroid dienone is 3. The first-order valence-electron chi connectivity index (χ1n) is 18.7. The van der Waals surface area contributed by atoms with Gasteiger partial charge in [0, 0.05) is 42.8 Å². The molecule has 0 saturated carbocycles. The molecular weight excluding hydrogens is 627 g/mol. The summed E-state index contributed by atoms with van der Waals surface area (Å²) in [6.07, 6.45) is 10.3. The number of benzene rings is 1. The van der Waals surface area contributed by atoms with E-state index in [4.69, 9.17) is 4.74 Å². The van der Waals surface area contributed by atoms with Gasteiger partial charge in [0.25, 0.3) is 5.91 Å². The van der Waals surface area contributed by atoms with Crippen molar-refractivity contribution in [3.8, 4) is 0 Å². The summed E-state index contributed by atoms with van der Waals surface area (Å²) in [6.45, 7) is 30.9. The molecule has 7 nitrogen and oxygen atoms in total. The summed E-state index contributed by atoms with van der Waals surface area (Å²) in [7, 11) is 1.92. The number of rotatable bonds is 6. The molecule has 8 heteroatoms. The van der Waals surface area contributed by atoms with E-state index in [0.717, 1.165) is 55.6 Å². The fourth-order valence-corrected chi connectivity index (χ4v) is 4.85. The van der Waals surface area contributed by atoms with Crippen LogP contribution in [-0.4, -0.2) is 58.6 Å². The van der Waals surface area contributed by atoms with E-state index in [1.165, 1.54) is 12.3 Å². The molecule has 0 aliphatic carbocycles. The number of aryl methyl sites for hydroxylation is 2. The van der Waals surface area contributed by atoms with Gasteiger partial charge in [-0.2, -0.15) is 0 Å². The minimum Gasteiger partial charge on any atom is -0.462 e. The number of halogens is 1. The Morgan fingerprint density at radius 2 is 1.62 bits per heavy atom. The molecule has 1 aromatic heterocycles. The molecule has 0 bridgehead atoms. The van der Waals surface area contributed by atoms with E-state index < -0.39 is 0 Å². The molecule has 0 radical (unpaired) electrons. The van der Waals surface area contributed by atoms with E-state index in [-0.39, 0.29) is 23.7 Å². The van der Waals surface area contributed by atoms with Crippen LogP contribution in [0.5, 0.6) is 0 Å². The molecule has 1 unspecified atom stereocenters. The number of hydrogen-bond acceptors (Lipinski definition) is 6. The number of pyridine rings is 1. The van der Waals surface area contributed by atoms with Crippen molar-refractivity contribution in [2.24, 2.45) is 4.99 Å². The van der Waals surface area contributed by atoms with Gasteiger partial charge in [-0.3, -0.25) is 9.78 Å². The Bertz CT molecular complexity index is 1380. The first-order chi connectivity index (χ1) is 24.0. The lowest BCUT2D eigenvalue weighted by Gasteiger charge is -2.31. The lowest BCUT2D eigenvalue weighted by Crippen LogP contribution is -2.43. The van der Waals surface area contributed by atoms with Crippen LogP contribution >= 0.6 is 0 Å². The van der Waals surface area contributed by atoms with Crippen molar-refractivity contribution in [3.63, 3.8) is 0 Å². The predicted octanol–water partition coefficient (Wildman–Crippen LogP) is 11.1. The van der Waals surface area contributed by atoms with Crippen LogP contribution in [0.1, 0.15) is 135 Å². The molecule has 4 rings (SSSR count). The standard InChI is InChI=1S/C25H32FN3O.C9H11NO2.4C2H6/c1-6-20-16-23(25(30)29-13-9-7-8-10-19(29)4)27-24(28(20)5)15-18(3)21-12-11-17(2)14-22(21)26;1-3-12-9(11)8-5-4-7(2)10-6-8;4*1-2/h11-12,14-16,19H,3,6-10,13H2,1-2,4-5H3;4-6H,3H2,1-2H3;4*1-2H3/b24-15-;;;;;. The molecule has 2 aliphatic rings. The summed E-state index contributed by atoms with van der Waals surface area (Å²) in [6, 6.07) is 8.80. The highest BCUT2D eigenvalue weighted by Crippen LogP contribution is 2.27. The van der Waals surface area contributed by atoms with Crippen LogP contribution in [0.3, 0.4) is 0 Å². The van der Waals surface area contributed by atoms with Gasteiger partial charge in [0.05, 0.1) is 12.2 Å². The largest absolute Gasteiger partial charge is 0.462 e. The molecule has 1 saturated heterocycles. The first-order valence-corrected chi connectivity index (χ1v) is 18.7. The molecule has 0 N–H and O–H groups in total. The van der Waals surface area contributed by atoms with Gasteiger partial charge in [-0.1, -0.05) is 93.9 Å². The molecule has 1 amide bonds. The Hall–Kier alpha value is -4.07. The Kier molecular flexibility index (Phi) is 26.6. The number of aromatic nitrogens is 1. The van der Waals surface area contributed by atoms with Crippen molar-refractivity contribution in [3.05, 3.63) is 95.0 Å². The molecule has 0 spiro atoms. The molecule has 2 aliphatic heterocycles. The quantitative estimate of drug-likeness (QED) is 0.281. The zero-order valence-corrected chi connectivity index (χ0v) is 33.7. The van der Waals surface area contributed by atoms with Crippen LogP contribution in [0.4, 0.5) is 4.39 Å². The van der Waals surface area contributed by atoms with Crippen LogP contribution in [0.2, 0.25) is 0 Å². The van der Waals surface area contributed by atoms with Gasteiger partial charge in [-0.15, -0.1) is 0 Å². The second-order valence-corrected chi connectivity index (χ2v) is 10.7. The van der Waals surface area contributed by atoms with Crippen LogP contribution < -0.4 is 0 Å². The highest BCUT2D eigenvalue weighted by molar-refractivity contribution is 6.43. The summed E-state index contributed by atoms with van der Waals surface area (Å²) in [5.41, 5.74) is 4.68. The summed E-state index contributed by atoms with van der Waals surface area (Å²) in [4.78, 5) is 36.9. The monoisotopic (exact) mass is 695 g/mol. The molecule has 1 aromatic carbocycles. The maximum atomic E-state index is 14.4. The van der Waals surface area contributed by atoms with Gasteiger partial charge in [-0.25, -0.2) is 14.2 Å². The number of carbonyl (C=O) groups is 2. The number of likely N-dealkylation sites (tertiary alicyclic amines) is 1. The highest BCUT2D eigenvalue weighted by Gasteiger charge is 2.28. The minimum atomic E-state index is -0.315. The maximum Gasteiger partial charge on any atom is 0.339 e. The van der Waals surface area contributed by atoms with Gasteiger partial charge >= 0.3 is 5.97 Å². The van der Waals surface area contributed by atoms with E-state index in [1.54, 1.807) is 31.2 Å². The van der Waals surface area contributed by atoms with Gasteiger partial charge in [0.15, 0.2) is 0 Å².